The van der Waals surface area contributed by atoms with Crippen molar-refractivity contribution in [2.45, 2.75) is 31.7 Å². The molecule has 5 nitrogen and oxygen atoms in total. The van der Waals surface area contributed by atoms with Gasteiger partial charge in [-0.15, -0.1) is 6.58 Å². The summed E-state index contributed by atoms with van der Waals surface area (Å²) >= 11 is 0. The van der Waals surface area contributed by atoms with Crippen LogP contribution in [0, 0.1) is 11.8 Å². The first-order valence-electron chi connectivity index (χ1n) is 8.38. The highest BCUT2D eigenvalue weighted by molar-refractivity contribution is 7.92. The minimum absolute atomic E-state index is 0.0753. The van der Waals surface area contributed by atoms with Crippen LogP contribution in [0.4, 0.5) is 5.69 Å². The predicted octanol–water partition coefficient (Wildman–Crippen LogP) is 2.56. The minimum Gasteiger partial charge on any atom is -0.349 e. The summed E-state index contributed by atoms with van der Waals surface area (Å²) < 4.78 is 24.9. The smallest absolute Gasteiger partial charge is 0.251 e. The van der Waals surface area contributed by atoms with Crippen LogP contribution in [0.15, 0.2) is 36.9 Å². The highest BCUT2D eigenvalue weighted by Gasteiger charge is 2.40. The van der Waals surface area contributed by atoms with Gasteiger partial charge in [-0.05, 0) is 55.4 Å². The van der Waals surface area contributed by atoms with Gasteiger partial charge in [0, 0.05) is 11.6 Å². The summed E-state index contributed by atoms with van der Waals surface area (Å²) in [4.78, 5) is 12.4. The molecule has 1 aromatic carbocycles. The number of benzene rings is 1. The fraction of sp³-hybridized carbons (Fsp3) is 0.500. The van der Waals surface area contributed by atoms with Crippen molar-refractivity contribution in [2.24, 2.45) is 11.8 Å². The number of fused-ring (bicyclic) bond motifs is 2. The lowest BCUT2D eigenvalue weighted by molar-refractivity contribution is 0.0923. The molecule has 2 aliphatic rings. The third kappa shape index (κ3) is 3.48. The Morgan fingerprint density at radius 1 is 1.29 bits per heavy atom. The molecule has 6 heteroatoms. The third-order valence-corrected chi connectivity index (χ3v) is 6.33. The van der Waals surface area contributed by atoms with E-state index in [2.05, 4.69) is 11.9 Å². The third-order valence-electron chi connectivity index (χ3n) is 5.17. The fourth-order valence-corrected chi connectivity index (χ4v) is 4.88. The molecule has 3 atom stereocenters. The predicted molar refractivity (Wildman–Crippen MR) is 95.5 cm³/mol. The molecule has 2 fully saturated rings. The summed E-state index contributed by atoms with van der Waals surface area (Å²) in [5.74, 6) is 1.34. The van der Waals surface area contributed by atoms with Gasteiger partial charge in [0.15, 0.2) is 0 Å². The number of hydrogen-bond acceptors (Lipinski definition) is 3. The molecule has 2 saturated carbocycles. The maximum absolute atomic E-state index is 12.4. The molecular weight excluding hydrogens is 324 g/mol. The van der Waals surface area contributed by atoms with E-state index in [9.17, 15) is 13.2 Å². The molecular formula is C18H24N2O3S. The van der Waals surface area contributed by atoms with Crippen molar-refractivity contribution < 1.29 is 13.2 Å². The molecule has 0 aliphatic heterocycles. The first kappa shape index (κ1) is 17.0. The summed E-state index contributed by atoms with van der Waals surface area (Å²) in [7, 11) is -3.38. The van der Waals surface area contributed by atoms with E-state index in [4.69, 9.17) is 0 Å². The van der Waals surface area contributed by atoms with Gasteiger partial charge in [-0.2, -0.15) is 0 Å². The molecule has 2 bridgehead atoms. The molecule has 130 valence electrons. The number of amides is 1. The van der Waals surface area contributed by atoms with Gasteiger partial charge in [0.1, 0.15) is 0 Å². The van der Waals surface area contributed by atoms with E-state index in [0.29, 0.717) is 23.2 Å². The Hall–Kier alpha value is -1.82. The second-order valence-electron chi connectivity index (χ2n) is 6.88. The van der Waals surface area contributed by atoms with Gasteiger partial charge in [-0.3, -0.25) is 9.10 Å². The zero-order valence-electron chi connectivity index (χ0n) is 13.9. The molecule has 0 saturated heterocycles. The quantitative estimate of drug-likeness (QED) is 0.804. The van der Waals surface area contributed by atoms with Crippen LogP contribution < -0.4 is 9.62 Å². The van der Waals surface area contributed by atoms with Crippen LogP contribution in [0.3, 0.4) is 0 Å². The van der Waals surface area contributed by atoms with Crippen LogP contribution in [-0.4, -0.2) is 33.2 Å². The number of anilines is 1. The zero-order valence-corrected chi connectivity index (χ0v) is 14.8. The van der Waals surface area contributed by atoms with Crippen LogP contribution in [0.5, 0.6) is 0 Å². The van der Waals surface area contributed by atoms with Crippen LogP contribution in [0.1, 0.15) is 36.0 Å². The maximum atomic E-state index is 12.4. The van der Waals surface area contributed by atoms with Crippen LogP contribution in [0.25, 0.3) is 0 Å². The van der Waals surface area contributed by atoms with Crippen LogP contribution in [-0.2, 0) is 10.0 Å². The Morgan fingerprint density at radius 3 is 2.50 bits per heavy atom. The van der Waals surface area contributed by atoms with Crippen molar-refractivity contribution >= 4 is 21.6 Å². The van der Waals surface area contributed by atoms with Crippen LogP contribution >= 0.6 is 0 Å². The van der Waals surface area contributed by atoms with Gasteiger partial charge >= 0.3 is 0 Å². The normalized spacial score (nSPS) is 25.5. The van der Waals surface area contributed by atoms with E-state index in [1.165, 1.54) is 29.6 Å². The zero-order chi connectivity index (χ0) is 17.3. The first-order chi connectivity index (χ1) is 11.4. The Morgan fingerprint density at radius 2 is 2.00 bits per heavy atom. The van der Waals surface area contributed by atoms with Crippen molar-refractivity contribution in [3.63, 3.8) is 0 Å². The molecule has 1 N–H and O–H groups in total. The largest absolute Gasteiger partial charge is 0.349 e. The second kappa shape index (κ2) is 6.59. The molecule has 1 amide bonds. The lowest BCUT2D eigenvalue weighted by Gasteiger charge is -2.23. The molecule has 24 heavy (non-hydrogen) atoms. The Bertz CT molecular complexity index is 727. The maximum Gasteiger partial charge on any atom is 0.251 e. The molecule has 3 rings (SSSR count). The highest BCUT2D eigenvalue weighted by Crippen LogP contribution is 2.44. The topological polar surface area (TPSA) is 66.5 Å². The number of nitrogens with one attached hydrogen (secondary N) is 1. The minimum atomic E-state index is -3.38. The Kier molecular flexibility index (Phi) is 4.67. The molecule has 1 aromatic rings. The summed E-state index contributed by atoms with van der Waals surface area (Å²) in [6, 6.07) is 6.99. The summed E-state index contributed by atoms with van der Waals surface area (Å²) in [5.41, 5.74) is 1.10. The van der Waals surface area contributed by atoms with Gasteiger partial charge in [0.25, 0.3) is 5.91 Å². The number of sulfonamides is 1. The van der Waals surface area contributed by atoms with Crippen molar-refractivity contribution in [3.8, 4) is 0 Å². The van der Waals surface area contributed by atoms with Gasteiger partial charge in [-0.25, -0.2) is 8.42 Å². The molecule has 0 heterocycles. The molecule has 0 radical (unpaired) electrons. The average molecular weight is 348 g/mol. The standard InChI is InChI=1S/C18H24N2O3S/c1-3-10-20(24(2,22)23)16-8-6-14(7-9-16)18(21)19-17-12-13-4-5-15(17)11-13/h3,6-9,13,15,17H,1,4-5,10-12H2,2H3,(H,19,21)/t13-,15-,17+/m1/s1. The molecule has 0 unspecified atom stereocenters. The van der Waals surface area contributed by atoms with Crippen molar-refractivity contribution in [3.05, 3.63) is 42.5 Å². The monoisotopic (exact) mass is 348 g/mol. The van der Waals surface area contributed by atoms with Crippen molar-refractivity contribution in [2.75, 3.05) is 17.1 Å². The number of carbonyl (C=O) groups is 1. The average Bonchev–Trinajstić information content (AvgIpc) is 3.14. The molecule has 0 aromatic heterocycles. The van der Waals surface area contributed by atoms with E-state index >= 15 is 0 Å². The van der Waals surface area contributed by atoms with Gasteiger partial charge in [-0.1, -0.05) is 12.5 Å². The van der Waals surface area contributed by atoms with E-state index in [1.807, 2.05) is 0 Å². The lowest BCUT2D eigenvalue weighted by Crippen LogP contribution is -2.38. The van der Waals surface area contributed by atoms with Crippen LogP contribution in [0.2, 0.25) is 0 Å². The Labute approximate surface area is 143 Å². The van der Waals surface area contributed by atoms with E-state index < -0.39 is 10.0 Å². The first-order valence-corrected chi connectivity index (χ1v) is 10.2. The highest BCUT2D eigenvalue weighted by atomic mass is 32.2. The lowest BCUT2D eigenvalue weighted by atomic mass is 9.95. The molecule has 0 spiro atoms. The number of carbonyl (C=O) groups excluding carboxylic acids is 1. The number of nitrogens with zero attached hydrogens (tertiary/aromatic N) is 1. The van der Waals surface area contributed by atoms with E-state index in [-0.39, 0.29) is 12.5 Å². The SMILES string of the molecule is C=CCN(c1ccc(C(=O)N[C@H]2C[C@@H]3CC[C@@H]2C3)cc1)S(C)(=O)=O. The van der Waals surface area contributed by atoms with E-state index in [0.717, 1.165) is 18.6 Å². The van der Waals surface area contributed by atoms with Gasteiger partial charge in [0.2, 0.25) is 10.0 Å². The molecule has 2 aliphatic carbocycles. The summed E-state index contributed by atoms with van der Waals surface area (Å²) in [6.45, 7) is 3.79. The van der Waals surface area contributed by atoms with E-state index in [1.54, 1.807) is 24.3 Å². The van der Waals surface area contributed by atoms with Gasteiger partial charge in [0.05, 0.1) is 18.5 Å². The second-order valence-corrected chi connectivity index (χ2v) is 8.79. The Balaban J connectivity index is 1.69. The van der Waals surface area contributed by atoms with Gasteiger partial charge < -0.3 is 5.32 Å². The number of rotatable bonds is 6. The number of hydrogen-bond donors (Lipinski definition) is 1. The van der Waals surface area contributed by atoms with Crippen molar-refractivity contribution in [1.29, 1.82) is 0 Å². The fourth-order valence-electron chi connectivity index (χ4n) is 4.00. The summed E-state index contributed by atoms with van der Waals surface area (Å²) in [6.07, 6.45) is 7.56. The van der Waals surface area contributed by atoms with Crippen molar-refractivity contribution in [1.82, 2.24) is 5.32 Å². The summed E-state index contributed by atoms with van der Waals surface area (Å²) in [5, 5.41) is 3.14.